The predicted molar refractivity (Wildman–Crippen MR) is 128 cm³/mol. The van der Waals surface area contributed by atoms with E-state index in [1.54, 1.807) is 19.2 Å². The number of ether oxygens (including phenoxy) is 1. The van der Waals surface area contributed by atoms with Gasteiger partial charge in [0.05, 0.1) is 24.0 Å². The molecule has 8 heteroatoms. The molecule has 31 heavy (non-hydrogen) atoms. The molecule has 1 heterocycles. The molecule has 1 N–H and O–H groups in total. The van der Waals surface area contributed by atoms with E-state index in [-0.39, 0.29) is 17.7 Å². The lowest BCUT2D eigenvalue weighted by Gasteiger charge is -2.37. The van der Waals surface area contributed by atoms with Crippen LogP contribution >= 0.6 is 27.5 Å². The number of methoxy groups -OCH3 is 1. The van der Waals surface area contributed by atoms with Crippen LogP contribution in [0.4, 0.5) is 11.4 Å². The van der Waals surface area contributed by atoms with E-state index in [0.29, 0.717) is 48.2 Å². The maximum absolute atomic E-state index is 13.1. The van der Waals surface area contributed by atoms with Crippen LogP contribution < -0.4 is 15.0 Å². The van der Waals surface area contributed by atoms with Crippen LogP contribution in [0, 0.1) is 12.8 Å². The lowest BCUT2D eigenvalue weighted by molar-refractivity contribution is -0.134. The van der Waals surface area contributed by atoms with Crippen LogP contribution in [0.15, 0.2) is 34.8 Å². The van der Waals surface area contributed by atoms with E-state index < -0.39 is 0 Å². The summed E-state index contributed by atoms with van der Waals surface area (Å²) in [5.74, 6) is 0.408. The SMILES string of the molecule is COc1c(C)cc(Br)cc1C(=O)Nc1cc(Cl)ccc1N1CCN(C(=O)C(C)C)CC1. The van der Waals surface area contributed by atoms with Gasteiger partial charge in [0.1, 0.15) is 5.75 Å². The summed E-state index contributed by atoms with van der Waals surface area (Å²) >= 11 is 9.69. The monoisotopic (exact) mass is 507 g/mol. The van der Waals surface area contributed by atoms with Crippen molar-refractivity contribution in [2.75, 3.05) is 43.5 Å². The summed E-state index contributed by atoms with van der Waals surface area (Å²) in [6.07, 6.45) is 0. The van der Waals surface area contributed by atoms with Crippen molar-refractivity contribution < 1.29 is 14.3 Å². The third-order valence-corrected chi connectivity index (χ3v) is 6.01. The van der Waals surface area contributed by atoms with Crippen molar-refractivity contribution in [3.05, 3.63) is 51.0 Å². The number of hydrogen-bond donors (Lipinski definition) is 1. The molecule has 2 aromatic carbocycles. The Balaban J connectivity index is 1.84. The number of rotatable bonds is 5. The largest absolute Gasteiger partial charge is 0.496 e. The van der Waals surface area contributed by atoms with Crippen molar-refractivity contribution in [1.29, 1.82) is 0 Å². The molecule has 0 atom stereocenters. The molecule has 0 radical (unpaired) electrons. The number of nitrogens with zero attached hydrogens (tertiary/aromatic N) is 2. The van der Waals surface area contributed by atoms with E-state index in [4.69, 9.17) is 16.3 Å². The molecule has 1 aliphatic heterocycles. The molecule has 2 aromatic rings. The van der Waals surface area contributed by atoms with Gasteiger partial charge >= 0.3 is 0 Å². The van der Waals surface area contributed by atoms with Crippen LogP contribution in [0.3, 0.4) is 0 Å². The summed E-state index contributed by atoms with van der Waals surface area (Å²) < 4.78 is 6.26. The van der Waals surface area contributed by atoms with Gasteiger partial charge in [-0.05, 0) is 42.8 Å². The van der Waals surface area contributed by atoms with Crippen molar-refractivity contribution in [2.24, 2.45) is 5.92 Å². The first-order chi connectivity index (χ1) is 14.7. The predicted octanol–water partition coefficient (Wildman–Crippen LogP) is 4.98. The molecule has 166 valence electrons. The molecule has 1 saturated heterocycles. The lowest BCUT2D eigenvalue weighted by atomic mass is 10.1. The van der Waals surface area contributed by atoms with Gasteiger partial charge in [0.25, 0.3) is 5.91 Å². The average molecular weight is 509 g/mol. The van der Waals surface area contributed by atoms with Crippen molar-refractivity contribution in [3.63, 3.8) is 0 Å². The summed E-state index contributed by atoms with van der Waals surface area (Å²) in [5.41, 5.74) is 2.80. The highest BCUT2D eigenvalue weighted by atomic mass is 79.9. The van der Waals surface area contributed by atoms with Gasteiger partial charge in [0.15, 0.2) is 0 Å². The molecule has 0 saturated carbocycles. The number of piperazine rings is 1. The molecule has 1 fully saturated rings. The van der Waals surface area contributed by atoms with Gasteiger partial charge in [-0.25, -0.2) is 0 Å². The van der Waals surface area contributed by atoms with Crippen LogP contribution in [0.1, 0.15) is 29.8 Å². The third kappa shape index (κ3) is 5.33. The molecule has 0 spiro atoms. The Morgan fingerprint density at radius 3 is 2.42 bits per heavy atom. The van der Waals surface area contributed by atoms with E-state index in [1.807, 2.05) is 43.9 Å². The second-order valence-corrected chi connectivity index (χ2v) is 9.24. The maximum Gasteiger partial charge on any atom is 0.259 e. The first-order valence-electron chi connectivity index (χ1n) is 10.2. The number of anilines is 2. The van der Waals surface area contributed by atoms with Gasteiger partial charge < -0.3 is 19.9 Å². The number of benzene rings is 2. The van der Waals surface area contributed by atoms with Crippen molar-refractivity contribution in [1.82, 2.24) is 4.90 Å². The zero-order valence-electron chi connectivity index (χ0n) is 18.2. The van der Waals surface area contributed by atoms with E-state index in [9.17, 15) is 9.59 Å². The Kier molecular flexibility index (Phi) is 7.49. The Hall–Kier alpha value is -2.25. The van der Waals surface area contributed by atoms with Crippen LogP contribution in [0.2, 0.25) is 5.02 Å². The van der Waals surface area contributed by atoms with Crippen LogP contribution in [0.5, 0.6) is 5.75 Å². The number of nitrogens with one attached hydrogen (secondary N) is 1. The van der Waals surface area contributed by atoms with Gasteiger partial charge in [0, 0.05) is 41.6 Å². The maximum atomic E-state index is 13.1. The van der Waals surface area contributed by atoms with Crippen LogP contribution in [-0.2, 0) is 4.79 Å². The summed E-state index contributed by atoms with van der Waals surface area (Å²) in [6.45, 7) is 8.38. The fraction of sp³-hybridized carbons (Fsp3) is 0.391. The minimum atomic E-state index is -0.279. The number of halogens is 2. The molecule has 0 unspecified atom stereocenters. The summed E-state index contributed by atoms with van der Waals surface area (Å²) in [5, 5.41) is 3.53. The Bertz CT molecular complexity index is 988. The Morgan fingerprint density at radius 1 is 1.13 bits per heavy atom. The number of hydrogen-bond acceptors (Lipinski definition) is 4. The first-order valence-corrected chi connectivity index (χ1v) is 11.4. The molecule has 1 aliphatic rings. The van der Waals surface area contributed by atoms with Gasteiger partial charge in [0.2, 0.25) is 5.91 Å². The fourth-order valence-corrected chi connectivity index (χ4v) is 4.52. The van der Waals surface area contributed by atoms with Crippen LogP contribution in [0.25, 0.3) is 0 Å². The van der Waals surface area contributed by atoms with Gasteiger partial charge in [-0.2, -0.15) is 0 Å². The van der Waals surface area contributed by atoms with E-state index >= 15 is 0 Å². The normalized spacial score (nSPS) is 14.0. The third-order valence-electron chi connectivity index (χ3n) is 5.32. The Morgan fingerprint density at radius 2 is 1.81 bits per heavy atom. The van der Waals surface area contributed by atoms with Gasteiger partial charge in [-0.15, -0.1) is 0 Å². The summed E-state index contributed by atoms with van der Waals surface area (Å²) in [7, 11) is 1.55. The van der Waals surface area contributed by atoms with Crippen LogP contribution in [-0.4, -0.2) is 50.0 Å². The number of amides is 2. The summed E-state index contributed by atoms with van der Waals surface area (Å²) in [4.78, 5) is 29.5. The highest BCUT2D eigenvalue weighted by molar-refractivity contribution is 9.10. The lowest BCUT2D eigenvalue weighted by Crippen LogP contribution is -2.50. The topological polar surface area (TPSA) is 61.9 Å². The smallest absolute Gasteiger partial charge is 0.259 e. The Labute approximate surface area is 196 Å². The second-order valence-electron chi connectivity index (χ2n) is 7.89. The molecular formula is C23H27BrClN3O3. The van der Waals surface area contributed by atoms with Crippen molar-refractivity contribution >= 4 is 50.7 Å². The standard InChI is InChI=1S/C23H27BrClN3O3/c1-14(2)23(30)28-9-7-27(8-10-28)20-6-5-17(25)13-19(20)26-22(29)18-12-16(24)11-15(3)21(18)31-4/h5-6,11-14H,7-10H2,1-4H3,(H,26,29). The molecule has 0 bridgehead atoms. The number of aryl methyl sites for hydroxylation is 1. The van der Waals surface area contributed by atoms with E-state index in [1.165, 1.54) is 0 Å². The first kappa shape index (κ1) is 23.4. The number of carbonyl (C=O) groups excluding carboxylic acids is 2. The van der Waals surface area contributed by atoms with Gasteiger partial charge in [-0.1, -0.05) is 41.4 Å². The molecule has 3 rings (SSSR count). The second kappa shape index (κ2) is 9.92. The quantitative estimate of drug-likeness (QED) is 0.619. The minimum absolute atomic E-state index is 0.0134. The summed E-state index contributed by atoms with van der Waals surface area (Å²) in [6, 6.07) is 9.10. The number of carbonyl (C=O) groups is 2. The molecule has 0 aromatic heterocycles. The zero-order chi connectivity index (χ0) is 22.7. The average Bonchev–Trinajstić information content (AvgIpc) is 2.73. The highest BCUT2D eigenvalue weighted by Crippen LogP contribution is 2.33. The molecule has 6 nitrogen and oxygen atoms in total. The minimum Gasteiger partial charge on any atom is -0.496 e. The van der Waals surface area contributed by atoms with Crippen molar-refractivity contribution in [3.8, 4) is 5.75 Å². The van der Waals surface area contributed by atoms with E-state index in [0.717, 1.165) is 15.7 Å². The van der Waals surface area contributed by atoms with Crippen molar-refractivity contribution in [2.45, 2.75) is 20.8 Å². The van der Waals surface area contributed by atoms with E-state index in [2.05, 4.69) is 26.1 Å². The highest BCUT2D eigenvalue weighted by Gasteiger charge is 2.25. The molecular weight excluding hydrogens is 482 g/mol. The zero-order valence-corrected chi connectivity index (χ0v) is 20.5. The molecule has 2 amide bonds. The molecule has 0 aliphatic carbocycles. The van der Waals surface area contributed by atoms with Gasteiger partial charge in [-0.3, -0.25) is 9.59 Å². The fourth-order valence-electron chi connectivity index (χ4n) is 3.78.